The fourth-order valence-corrected chi connectivity index (χ4v) is 4.11. The van der Waals surface area contributed by atoms with Gasteiger partial charge in [0.15, 0.2) is 5.96 Å². The Hall–Kier alpha value is -1.86. The first-order valence-electron chi connectivity index (χ1n) is 11.3. The number of hydrogen-bond acceptors (Lipinski definition) is 4. The second-order valence-corrected chi connectivity index (χ2v) is 8.24. The Labute approximate surface area is 180 Å². The van der Waals surface area contributed by atoms with Gasteiger partial charge in [0.25, 0.3) is 0 Å². The molecule has 2 aliphatic heterocycles. The quantitative estimate of drug-likeness (QED) is 0.397. The average molecular weight is 421 g/mol. The van der Waals surface area contributed by atoms with Crippen molar-refractivity contribution in [1.82, 2.24) is 10.2 Å². The van der Waals surface area contributed by atoms with Gasteiger partial charge in [0.05, 0.1) is 18.8 Å². The van der Waals surface area contributed by atoms with Crippen LogP contribution in [0.5, 0.6) is 0 Å². The van der Waals surface area contributed by atoms with Gasteiger partial charge in [0.1, 0.15) is 5.82 Å². The number of rotatable bonds is 8. The highest BCUT2D eigenvalue weighted by molar-refractivity contribution is 5.79. The molecule has 0 amide bonds. The molecule has 3 rings (SSSR count). The van der Waals surface area contributed by atoms with E-state index >= 15 is 0 Å². The van der Waals surface area contributed by atoms with Gasteiger partial charge >= 0.3 is 0 Å². The highest BCUT2D eigenvalue weighted by atomic mass is 19.1. The first-order valence-corrected chi connectivity index (χ1v) is 11.3. The summed E-state index contributed by atoms with van der Waals surface area (Å²) in [5, 5.41) is 3.47. The lowest BCUT2D eigenvalue weighted by Crippen LogP contribution is -2.47. The van der Waals surface area contributed by atoms with Crippen LogP contribution in [0.3, 0.4) is 0 Å². The molecular formula is C23H37FN4O2. The molecule has 2 fully saturated rings. The molecule has 0 aliphatic carbocycles. The Kier molecular flexibility index (Phi) is 9.21. The Balaban J connectivity index is 1.31. The summed E-state index contributed by atoms with van der Waals surface area (Å²) < 4.78 is 25.2. The number of benzene rings is 1. The molecule has 0 radical (unpaired) electrons. The van der Waals surface area contributed by atoms with Crippen LogP contribution in [0.4, 0.5) is 10.1 Å². The summed E-state index contributed by atoms with van der Waals surface area (Å²) in [4.78, 5) is 8.84. The SMILES string of the molecule is CN=C(NCCCN(C)c1cccc(F)c1)N1CCC(OCC2CCCCO2)CC1. The minimum absolute atomic E-state index is 0.198. The Morgan fingerprint density at radius 2 is 2.13 bits per heavy atom. The van der Waals surface area contributed by atoms with Crippen molar-refractivity contribution in [2.45, 2.75) is 50.7 Å². The first-order chi connectivity index (χ1) is 14.7. The van der Waals surface area contributed by atoms with E-state index in [9.17, 15) is 4.39 Å². The molecule has 0 bridgehead atoms. The molecule has 168 valence electrons. The van der Waals surface area contributed by atoms with E-state index in [0.717, 1.165) is 76.7 Å². The van der Waals surface area contributed by atoms with Crippen LogP contribution in [0.15, 0.2) is 29.3 Å². The summed E-state index contributed by atoms with van der Waals surface area (Å²) in [5.41, 5.74) is 0.903. The van der Waals surface area contributed by atoms with Crippen molar-refractivity contribution in [2.24, 2.45) is 4.99 Å². The van der Waals surface area contributed by atoms with Gasteiger partial charge in [-0.1, -0.05) is 6.07 Å². The van der Waals surface area contributed by atoms with E-state index < -0.39 is 0 Å². The number of aliphatic imine (C=N–C) groups is 1. The predicted molar refractivity (Wildman–Crippen MR) is 120 cm³/mol. The Bertz CT molecular complexity index is 658. The average Bonchev–Trinajstić information content (AvgIpc) is 2.79. The third kappa shape index (κ3) is 7.13. The zero-order chi connectivity index (χ0) is 21.2. The number of halogens is 1. The summed E-state index contributed by atoms with van der Waals surface area (Å²) in [6.07, 6.45) is 7.18. The third-order valence-corrected chi connectivity index (χ3v) is 5.95. The number of piperidine rings is 1. The summed E-state index contributed by atoms with van der Waals surface area (Å²) in [5.74, 6) is 0.758. The molecule has 6 nitrogen and oxygen atoms in total. The lowest BCUT2D eigenvalue weighted by Gasteiger charge is -2.35. The number of anilines is 1. The second-order valence-electron chi connectivity index (χ2n) is 8.24. The fourth-order valence-electron chi connectivity index (χ4n) is 4.11. The van der Waals surface area contributed by atoms with Gasteiger partial charge in [-0.3, -0.25) is 4.99 Å². The summed E-state index contributed by atoms with van der Waals surface area (Å²) in [7, 11) is 3.83. The van der Waals surface area contributed by atoms with Crippen molar-refractivity contribution in [1.29, 1.82) is 0 Å². The van der Waals surface area contributed by atoms with Crippen LogP contribution in [0.25, 0.3) is 0 Å². The molecule has 2 aliphatic rings. The molecule has 0 aromatic heterocycles. The Morgan fingerprint density at radius 1 is 1.30 bits per heavy atom. The molecule has 30 heavy (non-hydrogen) atoms. The van der Waals surface area contributed by atoms with E-state index in [0.29, 0.717) is 6.10 Å². The van der Waals surface area contributed by atoms with Crippen molar-refractivity contribution in [3.05, 3.63) is 30.1 Å². The summed E-state index contributed by atoms with van der Waals surface area (Å²) in [6, 6.07) is 6.72. The molecule has 2 saturated heterocycles. The molecule has 2 heterocycles. The largest absolute Gasteiger partial charge is 0.376 e. The van der Waals surface area contributed by atoms with E-state index in [1.165, 1.54) is 18.9 Å². The molecule has 1 unspecified atom stereocenters. The van der Waals surface area contributed by atoms with Crippen LogP contribution >= 0.6 is 0 Å². The molecule has 1 aromatic carbocycles. The van der Waals surface area contributed by atoms with Gasteiger partial charge in [-0.05, 0) is 56.7 Å². The van der Waals surface area contributed by atoms with Gasteiger partial charge in [0.2, 0.25) is 0 Å². The summed E-state index contributed by atoms with van der Waals surface area (Å²) in [6.45, 7) is 5.22. The van der Waals surface area contributed by atoms with Crippen molar-refractivity contribution in [3.8, 4) is 0 Å². The lowest BCUT2D eigenvalue weighted by molar-refractivity contribution is -0.0721. The highest BCUT2D eigenvalue weighted by Crippen LogP contribution is 2.18. The molecule has 1 atom stereocenters. The minimum Gasteiger partial charge on any atom is -0.376 e. The molecule has 0 spiro atoms. The maximum atomic E-state index is 13.4. The molecular weight excluding hydrogens is 383 g/mol. The Morgan fingerprint density at radius 3 is 2.83 bits per heavy atom. The van der Waals surface area contributed by atoms with E-state index in [4.69, 9.17) is 9.47 Å². The maximum absolute atomic E-state index is 13.4. The third-order valence-electron chi connectivity index (χ3n) is 5.95. The normalized spacial score (nSPS) is 21.0. The number of likely N-dealkylation sites (tertiary alicyclic amines) is 1. The van der Waals surface area contributed by atoms with Gasteiger partial charge in [-0.2, -0.15) is 0 Å². The van der Waals surface area contributed by atoms with Gasteiger partial charge in [-0.25, -0.2) is 4.39 Å². The summed E-state index contributed by atoms with van der Waals surface area (Å²) >= 11 is 0. The molecule has 0 saturated carbocycles. The van der Waals surface area contributed by atoms with E-state index in [-0.39, 0.29) is 11.9 Å². The van der Waals surface area contributed by atoms with E-state index in [2.05, 4.69) is 20.1 Å². The minimum atomic E-state index is -0.198. The lowest BCUT2D eigenvalue weighted by atomic mass is 10.1. The topological polar surface area (TPSA) is 49.3 Å². The molecule has 7 heteroatoms. The van der Waals surface area contributed by atoms with Crippen LogP contribution in [-0.4, -0.2) is 76.6 Å². The number of hydrogen-bond donors (Lipinski definition) is 1. The monoisotopic (exact) mass is 420 g/mol. The van der Waals surface area contributed by atoms with Gasteiger partial charge < -0.3 is 24.6 Å². The van der Waals surface area contributed by atoms with Crippen molar-refractivity contribution in [3.63, 3.8) is 0 Å². The second kappa shape index (κ2) is 12.1. The molecule has 1 N–H and O–H groups in total. The van der Waals surface area contributed by atoms with Crippen molar-refractivity contribution < 1.29 is 13.9 Å². The van der Waals surface area contributed by atoms with Crippen LogP contribution < -0.4 is 10.2 Å². The number of guanidine groups is 1. The zero-order valence-electron chi connectivity index (χ0n) is 18.5. The van der Waals surface area contributed by atoms with Gasteiger partial charge in [0, 0.05) is 52.6 Å². The first kappa shape index (κ1) is 22.8. The van der Waals surface area contributed by atoms with Crippen molar-refractivity contribution >= 4 is 11.6 Å². The number of nitrogens with one attached hydrogen (secondary N) is 1. The highest BCUT2D eigenvalue weighted by Gasteiger charge is 2.23. The van der Waals surface area contributed by atoms with Crippen LogP contribution in [0.1, 0.15) is 38.5 Å². The van der Waals surface area contributed by atoms with Gasteiger partial charge in [-0.15, -0.1) is 0 Å². The maximum Gasteiger partial charge on any atom is 0.193 e. The predicted octanol–water partition coefficient (Wildman–Crippen LogP) is 3.28. The van der Waals surface area contributed by atoms with Crippen LogP contribution in [0.2, 0.25) is 0 Å². The number of nitrogens with zero attached hydrogens (tertiary/aromatic N) is 3. The zero-order valence-corrected chi connectivity index (χ0v) is 18.5. The number of ether oxygens (including phenoxy) is 2. The van der Waals surface area contributed by atoms with Crippen molar-refractivity contribution in [2.75, 3.05) is 58.4 Å². The molecule has 1 aromatic rings. The van der Waals surface area contributed by atoms with Crippen LogP contribution in [-0.2, 0) is 9.47 Å². The standard InChI is InChI=1S/C23H37FN4O2/c1-25-23(26-12-6-13-27(2)20-8-5-7-19(24)17-20)28-14-10-21(11-15-28)30-18-22-9-3-4-16-29-22/h5,7-8,17,21-22H,3-4,6,9-16,18H2,1-2H3,(H,25,26). The fraction of sp³-hybridized carbons (Fsp3) is 0.696. The smallest absolute Gasteiger partial charge is 0.193 e. The van der Waals surface area contributed by atoms with E-state index in [1.807, 2.05) is 20.2 Å². The van der Waals surface area contributed by atoms with E-state index in [1.54, 1.807) is 12.1 Å². The van der Waals surface area contributed by atoms with Crippen LogP contribution in [0, 0.1) is 5.82 Å².